The topological polar surface area (TPSA) is 55.4 Å². The molecule has 0 fully saturated rings. The van der Waals surface area contributed by atoms with Crippen LogP contribution in [0.15, 0.2) is 24.3 Å². The number of hydrogen-bond donors (Lipinski definition) is 1. The summed E-state index contributed by atoms with van der Waals surface area (Å²) in [4.78, 5) is 22.4. The molecule has 6 heteroatoms. The number of nitrogens with one attached hydrogen (secondary N) is 1. The minimum Gasteiger partial charge on any atom is -0.468 e. The highest BCUT2D eigenvalue weighted by Crippen LogP contribution is 2.11. The maximum atomic E-state index is 11.8. The average Bonchev–Trinajstić information content (AvgIpc) is 2.35. The van der Waals surface area contributed by atoms with Crippen molar-refractivity contribution in [3.63, 3.8) is 0 Å². The zero-order valence-electron chi connectivity index (χ0n) is 9.07. The molecular formula is C11H11BrINO3. The molecule has 0 heterocycles. The van der Waals surface area contributed by atoms with Gasteiger partial charge in [0.1, 0.15) is 4.83 Å². The van der Waals surface area contributed by atoms with Gasteiger partial charge in [-0.25, -0.2) is 0 Å². The Morgan fingerprint density at radius 2 is 2.12 bits per heavy atom. The highest BCUT2D eigenvalue weighted by Gasteiger charge is 2.17. The molecule has 1 aromatic carbocycles. The fourth-order valence-electron chi connectivity index (χ4n) is 1.13. The van der Waals surface area contributed by atoms with Gasteiger partial charge >= 0.3 is 5.97 Å². The van der Waals surface area contributed by atoms with Crippen molar-refractivity contribution in [3.8, 4) is 0 Å². The Morgan fingerprint density at radius 3 is 2.71 bits per heavy atom. The maximum absolute atomic E-state index is 11.8. The van der Waals surface area contributed by atoms with Crippen LogP contribution in [0.1, 0.15) is 10.4 Å². The van der Waals surface area contributed by atoms with Gasteiger partial charge in [0.05, 0.1) is 12.7 Å². The van der Waals surface area contributed by atoms with Crippen LogP contribution in [0.25, 0.3) is 0 Å². The highest BCUT2D eigenvalue weighted by molar-refractivity contribution is 14.1. The molecule has 1 aromatic rings. The van der Waals surface area contributed by atoms with Gasteiger partial charge in [0.2, 0.25) is 0 Å². The molecule has 0 saturated carbocycles. The van der Waals surface area contributed by atoms with Crippen molar-refractivity contribution in [2.75, 3.05) is 13.7 Å². The van der Waals surface area contributed by atoms with Gasteiger partial charge in [-0.05, 0) is 34.7 Å². The van der Waals surface area contributed by atoms with Crippen molar-refractivity contribution in [2.45, 2.75) is 4.83 Å². The zero-order valence-corrected chi connectivity index (χ0v) is 12.8. The van der Waals surface area contributed by atoms with Crippen LogP contribution in [0.2, 0.25) is 0 Å². The monoisotopic (exact) mass is 411 g/mol. The number of halogens is 2. The van der Waals surface area contributed by atoms with Crippen LogP contribution in [-0.2, 0) is 9.53 Å². The number of methoxy groups -OCH3 is 1. The number of amides is 1. The van der Waals surface area contributed by atoms with E-state index >= 15 is 0 Å². The Morgan fingerprint density at radius 1 is 1.47 bits per heavy atom. The largest absolute Gasteiger partial charge is 0.468 e. The van der Waals surface area contributed by atoms with Gasteiger partial charge in [0, 0.05) is 10.1 Å². The molecule has 4 nitrogen and oxygen atoms in total. The predicted molar refractivity (Wildman–Crippen MR) is 76.2 cm³/mol. The van der Waals surface area contributed by atoms with Gasteiger partial charge in [-0.1, -0.05) is 28.1 Å². The van der Waals surface area contributed by atoms with Crippen LogP contribution in [0, 0.1) is 3.57 Å². The first-order valence-corrected chi connectivity index (χ1v) is 6.80. The van der Waals surface area contributed by atoms with E-state index in [2.05, 4.69) is 48.6 Å². The number of hydrogen-bond acceptors (Lipinski definition) is 3. The summed E-state index contributed by atoms with van der Waals surface area (Å²) in [6.45, 7) is 0.191. The molecule has 0 bridgehead atoms. The zero-order chi connectivity index (χ0) is 12.8. The van der Waals surface area contributed by atoms with Gasteiger partial charge in [-0.15, -0.1) is 0 Å². The summed E-state index contributed by atoms with van der Waals surface area (Å²) in [6, 6.07) is 7.24. The second kappa shape index (κ2) is 6.95. The second-order valence-electron chi connectivity index (χ2n) is 3.18. The first-order chi connectivity index (χ1) is 8.06. The molecule has 17 heavy (non-hydrogen) atoms. The molecule has 1 N–H and O–H groups in total. The normalized spacial score (nSPS) is 11.7. The number of esters is 1. The van der Waals surface area contributed by atoms with Crippen molar-refractivity contribution < 1.29 is 14.3 Å². The molecule has 0 spiro atoms. The number of ether oxygens (including phenoxy) is 1. The Bertz CT molecular complexity index is 425. The lowest BCUT2D eigenvalue weighted by molar-refractivity contribution is -0.139. The number of rotatable bonds is 4. The summed E-state index contributed by atoms with van der Waals surface area (Å²) in [5.41, 5.74) is 0.595. The Hall–Kier alpha value is -0.630. The molecule has 0 saturated heterocycles. The minimum atomic E-state index is -0.530. The lowest BCUT2D eigenvalue weighted by Crippen LogP contribution is -2.34. The smallest absolute Gasteiger partial charge is 0.321 e. The fourth-order valence-corrected chi connectivity index (χ4v) is 2.12. The lowest BCUT2D eigenvalue weighted by Gasteiger charge is -2.10. The molecule has 0 aromatic heterocycles. The maximum Gasteiger partial charge on any atom is 0.321 e. The summed E-state index contributed by atoms with van der Waals surface area (Å²) in [5.74, 6) is -0.614. The van der Waals surface area contributed by atoms with Crippen molar-refractivity contribution in [3.05, 3.63) is 33.4 Å². The van der Waals surface area contributed by atoms with E-state index in [1.807, 2.05) is 12.1 Å². The van der Waals surface area contributed by atoms with Crippen LogP contribution in [0.3, 0.4) is 0 Å². The van der Waals surface area contributed by atoms with E-state index in [0.717, 1.165) is 3.57 Å². The molecule has 1 atom stereocenters. The second-order valence-corrected chi connectivity index (χ2v) is 5.45. The van der Waals surface area contributed by atoms with Crippen LogP contribution >= 0.6 is 38.5 Å². The quantitative estimate of drug-likeness (QED) is 0.468. The van der Waals surface area contributed by atoms with Gasteiger partial charge in [-0.3, -0.25) is 9.59 Å². The SMILES string of the molecule is COC(=O)C(Br)CNC(=O)c1ccccc1I. The molecule has 1 rings (SSSR count). The number of carbonyl (C=O) groups excluding carboxylic acids is 2. The van der Waals surface area contributed by atoms with Crippen molar-refractivity contribution >= 4 is 50.4 Å². The van der Waals surface area contributed by atoms with Crippen molar-refractivity contribution in [1.82, 2.24) is 5.32 Å². The van der Waals surface area contributed by atoms with Crippen LogP contribution in [0.5, 0.6) is 0 Å². The Labute approximate surface area is 121 Å². The third-order valence-electron chi connectivity index (χ3n) is 2.02. The molecule has 0 aliphatic heterocycles. The molecule has 0 radical (unpaired) electrons. The van der Waals surface area contributed by atoms with Crippen LogP contribution in [-0.4, -0.2) is 30.4 Å². The standard InChI is InChI=1S/C11H11BrINO3/c1-17-11(16)8(12)6-14-10(15)7-4-2-3-5-9(7)13/h2-5,8H,6H2,1H3,(H,14,15). The number of carbonyl (C=O) groups is 2. The third kappa shape index (κ3) is 4.27. The van der Waals surface area contributed by atoms with E-state index in [0.29, 0.717) is 5.56 Å². The van der Waals surface area contributed by atoms with E-state index < -0.39 is 10.8 Å². The summed E-state index contributed by atoms with van der Waals surface area (Å²) in [6.07, 6.45) is 0. The molecule has 0 aliphatic carbocycles. The highest BCUT2D eigenvalue weighted by atomic mass is 127. The number of alkyl halides is 1. The summed E-state index contributed by atoms with van der Waals surface area (Å²) in [5, 5.41) is 2.66. The fraction of sp³-hybridized carbons (Fsp3) is 0.273. The van der Waals surface area contributed by atoms with Crippen molar-refractivity contribution in [1.29, 1.82) is 0 Å². The van der Waals surface area contributed by atoms with E-state index in [4.69, 9.17) is 0 Å². The molecule has 92 valence electrons. The van der Waals surface area contributed by atoms with Crippen LogP contribution in [0.4, 0.5) is 0 Å². The number of benzene rings is 1. The molecule has 0 aliphatic rings. The summed E-state index contributed by atoms with van der Waals surface area (Å²) < 4.78 is 5.40. The van der Waals surface area contributed by atoms with Gasteiger partial charge in [-0.2, -0.15) is 0 Å². The van der Waals surface area contributed by atoms with E-state index in [1.54, 1.807) is 12.1 Å². The minimum absolute atomic E-state index is 0.191. The third-order valence-corrected chi connectivity index (χ3v) is 3.66. The van der Waals surface area contributed by atoms with Crippen LogP contribution < -0.4 is 5.32 Å². The Balaban J connectivity index is 2.57. The van der Waals surface area contributed by atoms with E-state index in [1.165, 1.54) is 7.11 Å². The molecular weight excluding hydrogens is 401 g/mol. The first-order valence-electron chi connectivity index (χ1n) is 4.81. The first kappa shape index (κ1) is 14.4. The van der Waals surface area contributed by atoms with Gasteiger partial charge in [0.25, 0.3) is 5.91 Å². The van der Waals surface area contributed by atoms with E-state index in [-0.39, 0.29) is 12.5 Å². The van der Waals surface area contributed by atoms with Gasteiger partial charge in [0.15, 0.2) is 0 Å². The average molecular weight is 412 g/mol. The summed E-state index contributed by atoms with van der Waals surface area (Å²) >= 11 is 5.22. The predicted octanol–water partition coefficient (Wildman–Crippen LogP) is 1.96. The molecule has 1 unspecified atom stereocenters. The Kier molecular flexibility index (Phi) is 5.90. The van der Waals surface area contributed by atoms with E-state index in [9.17, 15) is 9.59 Å². The lowest BCUT2D eigenvalue weighted by atomic mass is 10.2. The van der Waals surface area contributed by atoms with Gasteiger partial charge < -0.3 is 10.1 Å². The summed E-state index contributed by atoms with van der Waals surface area (Å²) in [7, 11) is 1.30. The van der Waals surface area contributed by atoms with Crippen molar-refractivity contribution in [2.24, 2.45) is 0 Å². The molecule has 1 amide bonds.